The fourth-order valence-electron chi connectivity index (χ4n) is 1.91. The molecule has 0 aliphatic carbocycles. The fourth-order valence-corrected chi connectivity index (χ4v) is 3.45. The van der Waals surface area contributed by atoms with Crippen LogP contribution in [0.2, 0.25) is 0 Å². The number of amides is 1. The Morgan fingerprint density at radius 3 is 2.87 bits per heavy atom. The predicted octanol–water partition coefficient (Wildman–Crippen LogP) is 3.96. The molecule has 0 aromatic carbocycles. The molecule has 116 valence electrons. The van der Waals surface area contributed by atoms with Crippen LogP contribution in [0.3, 0.4) is 0 Å². The van der Waals surface area contributed by atoms with Crippen molar-refractivity contribution >= 4 is 40.4 Å². The number of hydrogen-bond donors (Lipinski definition) is 1. The van der Waals surface area contributed by atoms with E-state index in [0.717, 1.165) is 4.88 Å². The molecule has 3 aromatic heterocycles. The highest BCUT2D eigenvalue weighted by molar-refractivity contribution is 7.14. The van der Waals surface area contributed by atoms with E-state index in [1.165, 1.54) is 28.7 Å². The van der Waals surface area contributed by atoms with Gasteiger partial charge in [0.15, 0.2) is 0 Å². The zero-order chi connectivity index (χ0) is 16.1. The maximum atomic E-state index is 12.2. The minimum absolute atomic E-state index is 0.0199. The second-order valence-corrected chi connectivity index (χ2v) is 6.62. The van der Waals surface area contributed by atoms with Crippen LogP contribution in [0, 0.1) is 0 Å². The molecule has 1 N–H and O–H groups in total. The highest BCUT2D eigenvalue weighted by atomic mass is 32.1. The summed E-state index contributed by atoms with van der Waals surface area (Å²) in [6, 6.07) is 9.00. The zero-order valence-electron chi connectivity index (χ0n) is 12.0. The van der Waals surface area contributed by atoms with Gasteiger partial charge < -0.3 is 9.73 Å². The van der Waals surface area contributed by atoms with Gasteiger partial charge in [-0.15, -0.1) is 11.3 Å². The van der Waals surface area contributed by atoms with Gasteiger partial charge in [0.1, 0.15) is 5.76 Å². The maximum absolute atomic E-state index is 12.2. The lowest BCUT2D eigenvalue weighted by Gasteiger charge is -1.98. The van der Waals surface area contributed by atoms with Gasteiger partial charge in [-0.3, -0.25) is 9.59 Å². The van der Waals surface area contributed by atoms with Gasteiger partial charge in [0.05, 0.1) is 17.7 Å². The molecule has 0 aliphatic rings. The first-order valence-electron chi connectivity index (χ1n) is 6.87. The highest BCUT2D eigenvalue weighted by Crippen LogP contribution is 2.21. The summed E-state index contributed by atoms with van der Waals surface area (Å²) in [5.41, 5.74) is 0.703. The number of thiophene rings is 2. The van der Waals surface area contributed by atoms with Crippen LogP contribution in [-0.4, -0.2) is 11.7 Å². The van der Waals surface area contributed by atoms with Crippen molar-refractivity contribution in [3.8, 4) is 0 Å². The van der Waals surface area contributed by atoms with Crippen LogP contribution < -0.4 is 5.32 Å². The number of furan rings is 1. The lowest BCUT2D eigenvalue weighted by molar-refractivity contribution is -0.116. The average Bonchev–Trinajstić information content (AvgIpc) is 3.33. The van der Waals surface area contributed by atoms with Gasteiger partial charge in [0.25, 0.3) is 0 Å². The first-order valence-corrected chi connectivity index (χ1v) is 8.63. The van der Waals surface area contributed by atoms with E-state index in [9.17, 15) is 9.59 Å². The van der Waals surface area contributed by atoms with Crippen molar-refractivity contribution in [2.75, 3.05) is 0 Å². The summed E-state index contributed by atoms with van der Waals surface area (Å²) in [4.78, 5) is 25.6. The van der Waals surface area contributed by atoms with Crippen molar-refractivity contribution in [2.24, 2.45) is 0 Å². The predicted molar refractivity (Wildman–Crippen MR) is 91.7 cm³/mol. The summed E-state index contributed by atoms with van der Waals surface area (Å²) in [6.45, 7) is 0.392. The molecule has 1 amide bonds. The van der Waals surface area contributed by atoms with Crippen LogP contribution in [0.25, 0.3) is 6.08 Å². The van der Waals surface area contributed by atoms with Crippen LogP contribution in [0.5, 0.6) is 0 Å². The standard InChI is InChI=1S/C17H13NO3S2/c19-16(6-3-13-2-1-8-21-13)18-10-14-4-5-15(23-14)17(20)12-7-9-22-11-12/h1-9,11H,10H2,(H,18,19)/b6-3+. The Balaban J connectivity index is 1.55. The summed E-state index contributed by atoms with van der Waals surface area (Å²) in [6.07, 6.45) is 4.58. The van der Waals surface area contributed by atoms with E-state index in [1.807, 2.05) is 22.9 Å². The molecule has 3 aromatic rings. The third-order valence-corrected chi connectivity index (χ3v) is 4.82. The molecular weight excluding hydrogens is 330 g/mol. The van der Waals surface area contributed by atoms with Crippen molar-refractivity contribution in [1.29, 1.82) is 0 Å². The third-order valence-electron chi connectivity index (χ3n) is 3.05. The van der Waals surface area contributed by atoms with E-state index in [0.29, 0.717) is 22.7 Å². The number of carbonyl (C=O) groups excluding carboxylic acids is 2. The molecule has 0 aliphatic heterocycles. The molecule has 0 unspecified atom stereocenters. The van der Waals surface area contributed by atoms with E-state index in [4.69, 9.17) is 4.42 Å². The monoisotopic (exact) mass is 343 g/mol. The van der Waals surface area contributed by atoms with Crippen molar-refractivity contribution in [2.45, 2.75) is 6.54 Å². The van der Waals surface area contributed by atoms with E-state index in [2.05, 4.69) is 5.32 Å². The molecular formula is C17H13NO3S2. The summed E-state index contributed by atoms with van der Waals surface area (Å²) >= 11 is 2.89. The smallest absolute Gasteiger partial charge is 0.244 e. The topological polar surface area (TPSA) is 59.3 Å². The van der Waals surface area contributed by atoms with Crippen LogP contribution in [0.15, 0.2) is 57.8 Å². The number of ketones is 1. The Morgan fingerprint density at radius 2 is 2.13 bits per heavy atom. The van der Waals surface area contributed by atoms with Gasteiger partial charge in [-0.2, -0.15) is 11.3 Å². The largest absolute Gasteiger partial charge is 0.465 e. The lowest BCUT2D eigenvalue weighted by Crippen LogP contribution is -2.19. The Hall–Kier alpha value is -2.44. The Kier molecular flexibility index (Phi) is 4.85. The highest BCUT2D eigenvalue weighted by Gasteiger charge is 2.12. The Morgan fingerprint density at radius 1 is 1.22 bits per heavy atom. The molecule has 0 saturated heterocycles. The molecule has 0 saturated carbocycles. The summed E-state index contributed by atoms with van der Waals surface area (Å²) in [5, 5.41) is 6.50. The molecule has 6 heteroatoms. The van der Waals surface area contributed by atoms with Crippen LogP contribution in [0.1, 0.15) is 25.9 Å². The van der Waals surface area contributed by atoms with Gasteiger partial charge in [0, 0.05) is 21.9 Å². The van der Waals surface area contributed by atoms with E-state index in [-0.39, 0.29) is 11.7 Å². The van der Waals surface area contributed by atoms with Crippen LogP contribution in [0.4, 0.5) is 0 Å². The fraction of sp³-hybridized carbons (Fsp3) is 0.0588. The van der Waals surface area contributed by atoms with Crippen molar-refractivity contribution < 1.29 is 14.0 Å². The minimum atomic E-state index is -0.208. The van der Waals surface area contributed by atoms with E-state index in [1.54, 1.807) is 30.5 Å². The first-order chi connectivity index (χ1) is 11.2. The van der Waals surface area contributed by atoms with Gasteiger partial charge in [-0.05, 0) is 41.8 Å². The normalized spacial score (nSPS) is 11.0. The number of carbonyl (C=O) groups is 2. The van der Waals surface area contributed by atoms with E-state index >= 15 is 0 Å². The van der Waals surface area contributed by atoms with Gasteiger partial charge in [-0.25, -0.2) is 0 Å². The molecule has 23 heavy (non-hydrogen) atoms. The molecule has 3 rings (SSSR count). The molecule has 0 radical (unpaired) electrons. The molecule has 0 atom stereocenters. The number of rotatable bonds is 6. The molecule has 0 fully saturated rings. The van der Waals surface area contributed by atoms with Gasteiger partial charge in [-0.1, -0.05) is 0 Å². The Labute approximate surface area is 141 Å². The van der Waals surface area contributed by atoms with Gasteiger partial charge >= 0.3 is 0 Å². The summed E-state index contributed by atoms with van der Waals surface area (Å²) < 4.78 is 5.11. The third kappa shape index (κ3) is 4.06. The summed E-state index contributed by atoms with van der Waals surface area (Å²) in [7, 11) is 0. The number of nitrogens with one attached hydrogen (secondary N) is 1. The molecule has 4 nitrogen and oxygen atoms in total. The first kappa shape index (κ1) is 15.5. The second kappa shape index (κ2) is 7.21. The lowest BCUT2D eigenvalue weighted by atomic mass is 10.2. The SMILES string of the molecule is O=C(/C=C/c1ccco1)NCc1ccc(C(=O)c2ccsc2)s1. The minimum Gasteiger partial charge on any atom is -0.465 e. The zero-order valence-corrected chi connectivity index (χ0v) is 13.7. The number of hydrogen-bond acceptors (Lipinski definition) is 5. The van der Waals surface area contributed by atoms with Crippen molar-refractivity contribution in [3.05, 3.63) is 74.5 Å². The van der Waals surface area contributed by atoms with Crippen molar-refractivity contribution in [1.82, 2.24) is 5.32 Å². The molecule has 0 bridgehead atoms. The second-order valence-electron chi connectivity index (χ2n) is 4.67. The molecule has 3 heterocycles. The van der Waals surface area contributed by atoms with Crippen LogP contribution >= 0.6 is 22.7 Å². The average molecular weight is 343 g/mol. The van der Waals surface area contributed by atoms with Crippen LogP contribution in [-0.2, 0) is 11.3 Å². The van der Waals surface area contributed by atoms with Gasteiger partial charge in [0.2, 0.25) is 11.7 Å². The molecule has 0 spiro atoms. The quantitative estimate of drug-likeness (QED) is 0.544. The van der Waals surface area contributed by atoms with E-state index < -0.39 is 0 Å². The maximum Gasteiger partial charge on any atom is 0.244 e. The summed E-state index contributed by atoms with van der Waals surface area (Å²) in [5.74, 6) is 0.437. The Bertz CT molecular complexity index is 814. The van der Waals surface area contributed by atoms with Crippen molar-refractivity contribution in [3.63, 3.8) is 0 Å².